The molecule has 8 heteroatoms. The van der Waals surface area contributed by atoms with Gasteiger partial charge in [-0.15, -0.1) is 5.10 Å². The summed E-state index contributed by atoms with van der Waals surface area (Å²) in [5.41, 5.74) is 0.916. The Bertz CT molecular complexity index is 697. The molecule has 2 aromatic rings. The van der Waals surface area contributed by atoms with Crippen LogP contribution in [0.15, 0.2) is 33.9 Å². The van der Waals surface area contributed by atoms with E-state index >= 15 is 0 Å². The number of H-pyrrole nitrogens is 1. The van der Waals surface area contributed by atoms with Crippen LogP contribution in [0, 0.1) is 11.3 Å². The average molecular weight is 380 g/mol. The molecule has 0 saturated carbocycles. The summed E-state index contributed by atoms with van der Waals surface area (Å²) in [7, 11) is 1.69. The van der Waals surface area contributed by atoms with Gasteiger partial charge in [0.15, 0.2) is 5.82 Å². The van der Waals surface area contributed by atoms with Crippen LogP contribution in [-0.4, -0.2) is 45.3 Å². The molecule has 1 N–H and O–H groups in total. The summed E-state index contributed by atoms with van der Waals surface area (Å²) < 4.78 is 0.926. The van der Waals surface area contributed by atoms with Crippen molar-refractivity contribution in [1.29, 1.82) is 5.26 Å². The number of hydrogen-bond acceptors (Lipinski definition) is 5. The highest BCUT2D eigenvalue weighted by atomic mass is 79.9. The fourth-order valence-electron chi connectivity index (χ4n) is 1.66. The molecule has 0 unspecified atom stereocenters. The monoisotopic (exact) mass is 379 g/mol. The number of aromatic nitrogens is 3. The van der Waals surface area contributed by atoms with E-state index < -0.39 is 0 Å². The lowest BCUT2D eigenvalue weighted by Gasteiger charge is -2.14. The van der Waals surface area contributed by atoms with Gasteiger partial charge < -0.3 is 4.90 Å². The predicted octanol–water partition coefficient (Wildman–Crippen LogP) is 2.70. The number of nitrogens with zero attached hydrogens (tertiary/aromatic N) is 4. The van der Waals surface area contributed by atoms with E-state index in [1.807, 2.05) is 30.3 Å². The van der Waals surface area contributed by atoms with Crippen molar-refractivity contribution in [3.05, 3.63) is 28.7 Å². The molecule has 0 aliphatic rings. The van der Waals surface area contributed by atoms with E-state index in [0.717, 1.165) is 10.0 Å². The van der Waals surface area contributed by atoms with Crippen molar-refractivity contribution >= 4 is 33.6 Å². The average Bonchev–Trinajstić information content (AvgIpc) is 2.99. The van der Waals surface area contributed by atoms with Gasteiger partial charge in [0.05, 0.1) is 18.2 Å². The van der Waals surface area contributed by atoms with Crippen molar-refractivity contribution in [2.75, 3.05) is 19.3 Å². The molecule has 1 aromatic heterocycles. The van der Waals surface area contributed by atoms with Crippen LogP contribution < -0.4 is 0 Å². The Hall–Kier alpha value is -1.85. The molecule has 0 bridgehead atoms. The van der Waals surface area contributed by atoms with E-state index in [4.69, 9.17) is 5.26 Å². The van der Waals surface area contributed by atoms with Crippen LogP contribution in [0.25, 0.3) is 11.4 Å². The molecule has 1 amide bonds. The zero-order chi connectivity index (χ0) is 15.9. The van der Waals surface area contributed by atoms with Crippen LogP contribution in [-0.2, 0) is 4.79 Å². The molecular weight excluding hydrogens is 366 g/mol. The Kier molecular flexibility index (Phi) is 5.98. The first kappa shape index (κ1) is 16.5. The maximum Gasteiger partial charge on any atom is 0.232 e. The number of amides is 1. The van der Waals surface area contributed by atoms with Crippen LogP contribution in [0.4, 0.5) is 0 Å². The second-order valence-electron chi connectivity index (χ2n) is 4.46. The van der Waals surface area contributed by atoms with Crippen molar-refractivity contribution in [1.82, 2.24) is 20.1 Å². The standard InChI is InChI=1S/C14H14BrN5OS/c1-20(8-4-7-16)12(21)9-22-14-17-13(18-19-14)10-5-2-3-6-11(10)15/h2-3,5-6H,4,8-9H2,1H3,(H,17,18,19). The van der Waals surface area contributed by atoms with Gasteiger partial charge in [-0.1, -0.05) is 45.9 Å². The van der Waals surface area contributed by atoms with Crippen molar-refractivity contribution in [3.63, 3.8) is 0 Å². The summed E-state index contributed by atoms with van der Waals surface area (Å²) in [5.74, 6) is 0.850. The normalized spacial score (nSPS) is 10.2. The largest absolute Gasteiger partial charge is 0.344 e. The van der Waals surface area contributed by atoms with E-state index in [0.29, 0.717) is 23.9 Å². The number of aromatic amines is 1. The van der Waals surface area contributed by atoms with Gasteiger partial charge >= 0.3 is 0 Å². The van der Waals surface area contributed by atoms with Gasteiger partial charge in [0.2, 0.25) is 11.1 Å². The number of halogens is 1. The van der Waals surface area contributed by atoms with Gasteiger partial charge in [-0.2, -0.15) is 5.26 Å². The summed E-state index contributed by atoms with van der Waals surface area (Å²) in [4.78, 5) is 17.8. The number of hydrogen-bond donors (Lipinski definition) is 1. The van der Waals surface area contributed by atoms with Crippen LogP contribution in [0.3, 0.4) is 0 Å². The smallest absolute Gasteiger partial charge is 0.232 e. The molecule has 0 atom stereocenters. The molecule has 1 aromatic carbocycles. The number of thioether (sulfide) groups is 1. The van der Waals surface area contributed by atoms with Gasteiger partial charge in [-0.25, -0.2) is 4.98 Å². The van der Waals surface area contributed by atoms with Crippen LogP contribution in [0.5, 0.6) is 0 Å². The maximum absolute atomic E-state index is 11.9. The number of carbonyl (C=O) groups is 1. The van der Waals surface area contributed by atoms with Gasteiger partial charge in [-0.05, 0) is 6.07 Å². The van der Waals surface area contributed by atoms with E-state index in [-0.39, 0.29) is 11.7 Å². The molecule has 0 aliphatic carbocycles. The number of benzene rings is 1. The number of rotatable bonds is 6. The minimum atomic E-state index is -0.0486. The quantitative estimate of drug-likeness (QED) is 0.779. The van der Waals surface area contributed by atoms with E-state index in [1.165, 1.54) is 16.7 Å². The highest BCUT2D eigenvalue weighted by Gasteiger charge is 2.13. The molecule has 1 heterocycles. The summed E-state index contributed by atoms with van der Waals surface area (Å²) >= 11 is 4.73. The van der Waals surface area contributed by atoms with Gasteiger partial charge in [0.1, 0.15) is 0 Å². The molecule has 6 nitrogen and oxygen atoms in total. The van der Waals surface area contributed by atoms with Crippen molar-refractivity contribution in [2.24, 2.45) is 0 Å². The van der Waals surface area contributed by atoms with Gasteiger partial charge in [-0.3, -0.25) is 9.89 Å². The Labute approximate surface area is 141 Å². The highest BCUT2D eigenvalue weighted by molar-refractivity contribution is 9.10. The first-order valence-corrected chi connectivity index (χ1v) is 8.30. The number of nitriles is 1. The summed E-state index contributed by atoms with van der Waals surface area (Å²) in [6.45, 7) is 0.437. The lowest BCUT2D eigenvalue weighted by molar-refractivity contribution is -0.127. The molecule has 0 spiro atoms. The number of carbonyl (C=O) groups excluding carboxylic acids is 1. The van der Waals surface area contributed by atoms with E-state index in [9.17, 15) is 4.79 Å². The minimum absolute atomic E-state index is 0.0486. The Balaban J connectivity index is 1.94. The molecular formula is C14H14BrN5OS. The summed E-state index contributed by atoms with van der Waals surface area (Å²) in [5, 5.41) is 16.0. The molecule has 114 valence electrons. The lowest BCUT2D eigenvalue weighted by atomic mass is 10.2. The fraction of sp³-hybridized carbons (Fsp3) is 0.286. The summed E-state index contributed by atoms with van der Waals surface area (Å²) in [6, 6.07) is 9.72. The Morgan fingerprint density at radius 1 is 1.50 bits per heavy atom. The lowest BCUT2D eigenvalue weighted by Crippen LogP contribution is -2.29. The highest BCUT2D eigenvalue weighted by Crippen LogP contribution is 2.26. The van der Waals surface area contributed by atoms with Crippen LogP contribution in [0.1, 0.15) is 6.42 Å². The minimum Gasteiger partial charge on any atom is -0.344 e. The van der Waals surface area contributed by atoms with Gasteiger partial charge in [0, 0.05) is 23.6 Å². The van der Waals surface area contributed by atoms with Gasteiger partial charge in [0.25, 0.3) is 0 Å². The Morgan fingerprint density at radius 2 is 2.27 bits per heavy atom. The van der Waals surface area contributed by atoms with Crippen molar-refractivity contribution in [2.45, 2.75) is 11.6 Å². The first-order valence-electron chi connectivity index (χ1n) is 6.53. The molecule has 0 saturated heterocycles. The van der Waals surface area contributed by atoms with Crippen molar-refractivity contribution in [3.8, 4) is 17.5 Å². The second-order valence-corrected chi connectivity index (χ2v) is 6.26. The molecule has 22 heavy (non-hydrogen) atoms. The Morgan fingerprint density at radius 3 is 3.00 bits per heavy atom. The van der Waals surface area contributed by atoms with E-state index in [2.05, 4.69) is 31.1 Å². The fourth-order valence-corrected chi connectivity index (χ4v) is 2.88. The molecule has 0 fully saturated rings. The third kappa shape index (κ3) is 4.32. The summed E-state index contributed by atoms with van der Waals surface area (Å²) in [6.07, 6.45) is 0.333. The predicted molar refractivity (Wildman–Crippen MR) is 88.1 cm³/mol. The zero-order valence-corrected chi connectivity index (χ0v) is 14.3. The topological polar surface area (TPSA) is 85.7 Å². The molecule has 0 aliphatic heterocycles. The van der Waals surface area contributed by atoms with E-state index in [1.54, 1.807) is 7.05 Å². The van der Waals surface area contributed by atoms with Crippen LogP contribution >= 0.6 is 27.7 Å². The first-order chi connectivity index (χ1) is 10.6. The third-order valence-electron chi connectivity index (χ3n) is 2.90. The van der Waals surface area contributed by atoms with Crippen LogP contribution in [0.2, 0.25) is 0 Å². The zero-order valence-electron chi connectivity index (χ0n) is 11.9. The maximum atomic E-state index is 11.9. The molecule has 2 rings (SSSR count). The van der Waals surface area contributed by atoms with Crippen molar-refractivity contribution < 1.29 is 4.79 Å². The second kappa shape index (κ2) is 7.96. The number of nitrogens with one attached hydrogen (secondary N) is 1. The molecule has 0 radical (unpaired) electrons. The SMILES string of the molecule is CN(CCC#N)C(=O)CSc1n[nH]c(-c2ccccc2Br)n1. The third-order valence-corrected chi connectivity index (χ3v) is 4.43.